The summed E-state index contributed by atoms with van der Waals surface area (Å²) in [4.78, 5) is -0.793. The molecule has 0 heterocycles. The van der Waals surface area contributed by atoms with Crippen molar-refractivity contribution in [2.24, 2.45) is 0 Å². The van der Waals surface area contributed by atoms with Crippen molar-refractivity contribution in [2.45, 2.75) is 9.79 Å². The molecule has 2 aromatic rings. The molecular weight excluding hydrogens is 294 g/mol. The van der Waals surface area contributed by atoms with E-state index in [0.717, 1.165) is 18.2 Å². The second-order valence-electron chi connectivity index (χ2n) is 3.81. The van der Waals surface area contributed by atoms with E-state index in [1.54, 1.807) is 0 Å². The van der Waals surface area contributed by atoms with Gasteiger partial charge in [-0.25, -0.2) is 0 Å². The highest BCUT2D eigenvalue weighted by Crippen LogP contribution is 2.29. The normalized spacial score (nSPS) is 12.7. The molecule has 2 rings (SSSR count). The first-order chi connectivity index (χ1) is 8.60. The molecule has 0 bridgehead atoms. The third-order valence-corrected chi connectivity index (χ3v) is 4.33. The predicted molar refractivity (Wildman–Crippen MR) is 68.0 cm³/mol. The lowest BCUT2D eigenvalue weighted by Gasteiger charge is -2.07. The van der Waals surface area contributed by atoms with E-state index in [1.807, 2.05) is 0 Å². The van der Waals surface area contributed by atoms with E-state index in [-0.39, 0.29) is 16.0 Å². The van der Waals surface area contributed by atoms with Crippen molar-refractivity contribution in [2.75, 3.05) is 5.73 Å². The summed E-state index contributed by atoms with van der Waals surface area (Å²) in [6, 6.07) is 5.82. The van der Waals surface area contributed by atoms with Gasteiger partial charge in [0.15, 0.2) is 0 Å². The molecule has 0 saturated heterocycles. The van der Waals surface area contributed by atoms with E-state index in [2.05, 4.69) is 0 Å². The summed E-state index contributed by atoms with van der Waals surface area (Å²) in [6.07, 6.45) is 0. The van der Waals surface area contributed by atoms with Crippen LogP contribution in [-0.4, -0.2) is 25.9 Å². The van der Waals surface area contributed by atoms with E-state index in [0.29, 0.717) is 5.39 Å². The van der Waals surface area contributed by atoms with Crippen LogP contribution in [0.15, 0.2) is 40.1 Å². The molecule has 0 aliphatic heterocycles. The summed E-state index contributed by atoms with van der Waals surface area (Å²) in [6.45, 7) is 0. The molecule has 0 saturated carbocycles. The first kappa shape index (κ1) is 13.7. The molecule has 2 aromatic carbocycles. The van der Waals surface area contributed by atoms with Crippen molar-refractivity contribution in [1.82, 2.24) is 0 Å². The SMILES string of the molecule is Nc1c(S(=O)(=O)O)ccc2cc(S(=O)(=O)O)ccc12. The third kappa shape index (κ3) is 2.54. The van der Waals surface area contributed by atoms with Crippen LogP contribution in [0.2, 0.25) is 0 Å². The minimum atomic E-state index is -4.46. The van der Waals surface area contributed by atoms with Gasteiger partial charge in [0.05, 0.1) is 10.6 Å². The lowest BCUT2D eigenvalue weighted by Crippen LogP contribution is -2.04. The molecule has 4 N–H and O–H groups in total. The molecule has 0 radical (unpaired) electrons. The second-order valence-corrected chi connectivity index (χ2v) is 6.62. The first-order valence-electron chi connectivity index (χ1n) is 4.88. The minimum absolute atomic E-state index is 0.193. The fourth-order valence-corrected chi connectivity index (χ4v) is 2.84. The number of benzene rings is 2. The topological polar surface area (TPSA) is 135 Å². The number of fused-ring (bicyclic) bond motifs is 1. The van der Waals surface area contributed by atoms with Crippen molar-refractivity contribution in [3.8, 4) is 0 Å². The number of anilines is 1. The Morgan fingerprint density at radius 2 is 1.53 bits per heavy atom. The molecule has 0 spiro atoms. The van der Waals surface area contributed by atoms with Gasteiger partial charge in [-0.2, -0.15) is 16.8 Å². The smallest absolute Gasteiger partial charge is 0.296 e. The Bertz CT molecular complexity index is 870. The van der Waals surface area contributed by atoms with Crippen LogP contribution < -0.4 is 5.73 Å². The monoisotopic (exact) mass is 303 g/mol. The largest absolute Gasteiger partial charge is 0.397 e. The summed E-state index contributed by atoms with van der Waals surface area (Å²) < 4.78 is 62.0. The lowest BCUT2D eigenvalue weighted by molar-refractivity contribution is 0.481. The van der Waals surface area contributed by atoms with Gasteiger partial charge in [0.25, 0.3) is 20.2 Å². The first-order valence-corrected chi connectivity index (χ1v) is 7.76. The van der Waals surface area contributed by atoms with E-state index in [1.165, 1.54) is 12.1 Å². The summed E-state index contributed by atoms with van der Waals surface area (Å²) in [5, 5.41) is 0.572. The molecule has 0 fully saturated rings. The molecule has 102 valence electrons. The summed E-state index contributed by atoms with van der Waals surface area (Å²) in [7, 11) is -8.81. The molecular formula is C10H9NO6S2. The second kappa shape index (κ2) is 4.17. The standard InChI is InChI=1S/C10H9NO6S2/c11-10-8-3-2-7(18(12,13)14)5-6(8)1-4-9(10)19(15,16)17/h1-5H,11H2,(H,12,13,14)(H,15,16,17). The third-order valence-electron chi connectivity index (χ3n) is 2.57. The van der Waals surface area contributed by atoms with Gasteiger partial charge in [0.2, 0.25) is 0 Å². The van der Waals surface area contributed by atoms with Crippen LogP contribution >= 0.6 is 0 Å². The van der Waals surface area contributed by atoms with Crippen molar-refractivity contribution >= 4 is 36.7 Å². The van der Waals surface area contributed by atoms with Gasteiger partial charge in [-0.3, -0.25) is 9.11 Å². The quantitative estimate of drug-likeness (QED) is 0.554. The Morgan fingerprint density at radius 3 is 2.05 bits per heavy atom. The zero-order valence-corrected chi connectivity index (χ0v) is 10.9. The Kier molecular flexibility index (Phi) is 3.01. The molecule has 0 amide bonds. The van der Waals surface area contributed by atoms with Gasteiger partial charge in [0, 0.05) is 5.39 Å². The lowest BCUT2D eigenvalue weighted by atomic mass is 10.1. The van der Waals surface area contributed by atoms with Gasteiger partial charge in [-0.15, -0.1) is 0 Å². The van der Waals surface area contributed by atoms with Gasteiger partial charge < -0.3 is 5.73 Å². The van der Waals surface area contributed by atoms with Crippen LogP contribution in [0.1, 0.15) is 0 Å². The van der Waals surface area contributed by atoms with Gasteiger partial charge in [0.1, 0.15) is 4.90 Å². The van der Waals surface area contributed by atoms with Crippen molar-refractivity contribution in [1.29, 1.82) is 0 Å². The Balaban J connectivity index is 2.82. The molecule has 0 unspecified atom stereocenters. The van der Waals surface area contributed by atoms with Crippen molar-refractivity contribution in [3.63, 3.8) is 0 Å². The summed E-state index contributed by atoms with van der Waals surface area (Å²) in [5.41, 5.74) is 5.42. The average molecular weight is 303 g/mol. The minimum Gasteiger partial charge on any atom is -0.397 e. The van der Waals surface area contributed by atoms with Crippen LogP contribution in [0.25, 0.3) is 10.8 Å². The maximum atomic E-state index is 11.1. The van der Waals surface area contributed by atoms with Crippen LogP contribution in [0, 0.1) is 0 Å². The Morgan fingerprint density at radius 1 is 0.895 bits per heavy atom. The van der Waals surface area contributed by atoms with E-state index < -0.39 is 25.1 Å². The van der Waals surface area contributed by atoms with Gasteiger partial charge >= 0.3 is 0 Å². The maximum absolute atomic E-state index is 11.1. The fraction of sp³-hybridized carbons (Fsp3) is 0. The summed E-state index contributed by atoms with van der Waals surface area (Å²) in [5.74, 6) is 0. The van der Waals surface area contributed by atoms with Crippen molar-refractivity contribution in [3.05, 3.63) is 30.3 Å². The van der Waals surface area contributed by atoms with Crippen LogP contribution in [-0.2, 0) is 20.2 Å². The number of nitrogens with two attached hydrogens (primary N) is 1. The number of nitrogen functional groups attached to an aromatic ring is 1. The highest BCUT2D eigenvalue weighted by molar-refractivity contribution is 7.86. The Labute approximate surface area is 109 Å². The van der Waals surface area contributed by atoms with Crippen LogP contribution in [0.4, 0.5) is 5.69 Å². The van der Waals surface area contributed by atoms with E-state index >= 15 is 0 Å². The highest BCUT2D eigenvalue weighted by atomic mass is 32.2. The van der Waals surface area contributed by atoms with E-state index in [4.69, 9.17) is 14.8 Å². The zero-order chi connectivity index (χ0) is 14.4. The maximum Gasteiger partial charge on any atom is 0.296 e. The summed E-state index contributed by atoms with van der Waals surface area (Å²) >= 11 is 0. The van der Waals surface area contributed by atoms with Crippen LogP contribution in [0.5, 0.6) is 0 Å². The molecule has 0 aliphatic rings. The van der Waals surface area contributed by atoms with Gasteiger partial charge in [-0.1, -0.05) is 12.1 Å². The molecule has 9 heteroatoms. The molecule has 7 nitrogen and oxygen atoms in total. The fourth-order valence-electron chi connectivity index (χ4n) is 1.70. The van der Waals surface area contributed by atoms with E-state index in [9.17, 15) is 16.8 Å². The van der Waals surface area contributed by atoms with Crippen LogP contribution in [0.3, 0.4) is 0 Å². The predicted octanol–water partition coefficient (Wildman–Crippen LogP) is 0.915. The van der Waals surface area contributed by atoms with Gasteiger partial charge in [-0.05, 0) is 23.6 Å². The zero-order valence-electron chi connectivity index (χ0n) is 9.31. The molecule has 0 aromatic heterocycles. The number of hydrogen-bond acceptors (Lipinski definition) is 5. The number of rotatable bonds is 2. The molecule has 19 heavy (non-hydrogen) atoms. The molecule has 0 atom stereocenters. The van der Waals surface area contributed by atoms with Crippen molar-refractivity contribution < 1.29 is 25.9 Å². The Hall–Kier alpha value is -1.68. The average Bonchev–Trinajstić information content (AvgIpc) is 2.26. The highest BCUT2D eigenvalue weighted by Gasteiger charge is 2.17. The number of hydrogen-bond donors (Lipinski definition) is 3. The molecule has 0 aliphatic carbocycles.